The number of methoxy groups -OCH3 is 1. The predicted molar refractivity (Wildman–Crippen MR) is 108 cm³/mol. The number of hydrogen-bond donors (Lipinski definition) is 1. The third-order valence-electron chi connectivity index (χ3n) is 5.04. The summed E-state index contributed by atoms with van der Waals surface area (Å²) in [6, 6.07) is 19.5. The summed E-state index contributed by atoms with van der Waals surface area (Å²) < 4.78 is 16.9. The Kier molecular flexibility index (Phi) is 5.06. The Hall–Kier alpha value is -3.21. The molecule has 3 aromatic rings. The molecule has 0 saturated heterocycles. The van der Waals surface area contributed by atoms with Gasteiger partial charge in [0.05, 0.1) is 19.6 Å². The van der Waals surface area contributed by atoms with Crippen LogP contribution in [-0.2, 0) is 4.79 Å². The first-order valence-corrected chi connectivity index (χ1v) is 9.38. The van der Waals surface area contributed by atoms with Gasteiger partial charge in [0.15, 0.2) is 11.5 Å². The van der Waals surface area contributed by atoms with Crippen LogP contribution in [0.5, 0.6) is 17.2 Å². The molecule has 1 N–H and O–H groups in total. The zero-order chi connectivity index (χ0) is 19.5. The van der Waals surface area contributed by atoms with Gasteiger partial charge in [-0.3, -0.25) is 4.79 Å². The van der Waals surface area contributed by atoms with Gasteiger partial charge in [-0.2, -0.15) is 0 Å². The summed E-state index contributed by atoms with van der Waals surface area (Å²) in [5.74, 6) is 1.98. The number of para-hydroxylation sites is 2. The second-order valence-corrected chi connectivity index (χ2v) is 6.94. The van der Waals surface area contributed by atoms with Crippen molar-refractivity contribution in [2.24, 2.45) is 0 Å². The van der Waals surface area contributed by atoms with Crippen molar-refractivity contribution in [3.63, 3.8) is 0 Å². The maximum Gasteiger partial charge on any atom is 0.227 e. The molecule has 0 aromatic heterocycles. The number of rotatable bonds is 5. The van der Waals surface area contributed by atoms with Gasteiger partial charge in [0.25, 0.3) is 0 Å². The number of nitrogens with one attached hydrogen (secondary N) is 1. The summed E-state index contributed by atoms with van der Waals surface area (Å²) in [6.07, 6.45) is -0.199. The van der Waals surface area contributed by atoms with E-state index >= 15 is 0 Å². The first-order chi connectivity index (χ1) is 13.6. The van der Waals surface area contributed by atoms with Crippen LogP contribution in [0.3, 0.4) is 0 Å². The Morgan fingerprint density at radius 1 is 1.11 bits per heavy atom. The maximum absolute atomic E-state index is 12.6. The molecule has 144 valence electrons. The summed E-state index contributed by atoms with van der Waals surface area (Å²) >= 11 is 0. The SMILES string of the molecule is COc1ccc2cc([C@@H](C)C(=O)NC[C@H]3COc4ccccc4O3)ccc2c1. The smallest absolute Gasteiger partial charge is 0.227 e. The fraction of sp³-hybridized carbons (Fsp3) is 0.261. The molecule has 0 bridgehead atoms. The van der Waals surface area contributed by atoms with Crippen molar-refractivity contribution in [2.45, 2.75) is 18.9 Å². The highest BCUT2D eigenvalue weighted by Gasteiger charge is 2.22. The monoisotopic (exact) mass is 377 g/mol. The van der Waals surface area contributed by atoms with E-state index in [1.54, 1.807) is 7.11 Å². The molecule has 5 heteroatoms. The highest BCUT2D eigenvalue weighted by atomic mass is 16.6. The van der Waals surface area contributed by atoms with Gasteiger partial charge in [0.1, 0.15) is 18.5 Å². The predicted octanol–water partition coefficient (Wildman–Crippen LogP) is 3.91. The third-order valence-corrected chi connectivity index (χ3v) is 5.04. The largest absolute Gasteiger partial charge is 0.497 e. The molecule has 0 radical (unpaired) electrons. The van der Waals surface area contributed by atoms with Gasteiger partial charge in [-0.15, -0.1) is 0 Å². The van der Waals surface area contributed by atoms with Crippen molar-refractivity contribution < 1.29 is 19.0 Å². The zero-order valence-electron chi connectivity index (χ0n) is 16.0. The standard InChI is InChI=1S/C23H23NO4/c1-15(16-7-8-18-12-19(26-2)10-9-17(18)11-16)23(25)24-13-20-14-27-21-5-3-4-6-22(21)28-20/h3-12,15,20H,13-14H2,1-2H3,(H,24,25)/t15-,20+/m1/s1. The van der Waals surface area contributed by atoms with Crippen LogP contribution in [0.15, 0.2) is 60.7 Å². The normalized spacial score (nSPS) is 16.4. The zero-order valence-corrected chi connectivity index (χ0v) is 16.0. The second-order valence-electron chi connectivity index (χ2n) is 6.94. The van der Waals surface area contributed by atoms with Crippen LogP contribution in [0.1, 0.15) is 18.4 Å². The van der Waals surface area contributed by atoms with Crippen LogP contribution in [0.25, 0.3) is 10.8 Å². The van der Waals surface area contributed by atoms with E-state index in [9.17, 15) is 4.79 Å². The first kappa shape index (κ1) is 18.2. The number of hydrogen-bond acceptors (Lipinski definition) is 4. The maximum atomic E-state index is 12.6. The molecule has 1 aliphatic heterocycles. The highest BCUT2D eigenvalue weighted by Crippen LogP contribution is 2.31. The van der Waals surface area contributed by atoms with Crippen molar-refractivity contribution in [3.8, 4) is 17.2 Å². The first-order valence-electron chi connectivity index (χ1n) is 9.38. The van der Waals surface area contributed by atoms with Gasteiger partial charge < -0.3 is 19.5 Å². The molecule has 0 aliphatic carbocycles. The lowest BCUT2D eigenvalue weighted by Gasteiger charge is -2.27. The minimum atomic E-state index is -0.261. The number of amides is 1. The molecule has 0 fully saturated rings. The molecular weight excluding hydrogens is 354 g/mol. The lowest BCUT2D eigenvalue weighted by molar-refractivity contribution is -0.122. The fourth-order valence-electron chi connectivity index (χ4n) is 3.32. The average molecular weight is 377 g/mol. The van der Waals surface area contributed by atoms with Crippen molar-refractivity contribution >= 4 is 16.7 Å². The minimum absolute atomic E-state index is 0.0321. The van der Waals surface area contributed by atoms with Crippen molar-refractivity contribution in [1.82, 2.24) is 5.32 Å². The van der Waals surface area contributed by atoms with Crippen LogP contribution >= 0.6 is 0 Å². The molecule has 1 aliphatic rings. The van der Waals surface area contributed by atoms with Crippen molar-refractivity contribution in [3.05, 3.63) is 66.2 Å². The quantitative estimate of drug-likeness (QED) is 0.732. The van der Waals surface area contributed by atoms with Crippen molar-refractivity contribution in [2.75, 3.05) is 20.3 Å². The molecule has 0 spiro atoms. The van der Waals surface area contributed by atoms with E-state index < -0.39 is 0 Å². The molecule has 0 unspecified atom stereocenters. The summed E-state index contributed by atoms with van der Waals surface area (Å²) in [5, 5.41) is 5.15. The summed E-state index contributed by atoms with van der Waals surface area (Å²) in [6.45, 7) is 2.74. The molecule has 2 atom stereocenters. The van der Waals surface area contributed by atoms with Crippen LogP contribution in [0.4, 0.5) is 0 Å². The van der Waals surface area contributed by atoms with Crippen LogP contribution < -0.4 is 19.5 Å². The highest BCUT2D eigenvalue weighted by molar-refractivity contribution is 5.88. The van der Waals surface area contributed by atoms with E-state index in [2.05, 4.69) is 11.4 Å². The summed E-state index contributed by atoms with van der Waals surface area (Å²) in [4.78, 5) is 12.6. The molecule has 1 heterocycles. The van der Waals surface area contributed by atoms with Gasteiger partial charge in [-0.1, -0.05) is 36.4 Å². The van der Waals surface area contributed by atoms with E-state index in [4.69, 9.17) is 14.2 Å². The Labute approximate surface area is 164 Å². The molecule has 0 saturated carbocycles. The molecule has 3 aromatic carbocycles. The Morgan fingerprint density at radius 3 is 2.68 bits per heavy atom. The molecule has 5 nitrogen and oxygen atoms in total. The number of benzene rings is 3. The molecule has 28 heavy (non-hydrogen) atoms. The Bertz CT molecular complexity index is 1000. The van der Waals surface area contributed by atoms with E-state index in [-0.39, 0.29) is 17.9 Å². The lowest BCUT2D eigenvalue weighted by Crippen LogP contribution is -2.41. The van der Waals surface area contributed by atoms with E-state index in [1.165, 1.54) is 0 Å². The fourth-order valence-corrected chi connectivity index (χ4v) is 3.32. The summed E-state index contributed by atoms with van der Waals surface area (Å²) in [5.41, 5.74) is 0.973. The number of fused-ring (bicyclic) bond motifs is 2. The van der Waals surface area contributed by atoms with Gasteiger partial charge in [-0.25, -0.2) is 0 Å². The average Bonchev–Trinajstić information content (AvgIpc) is 2.76. The molecule has 1 amide bonds. The summed E-state index contributed by atoms with van der Waals surface area (Å²) in [7, 11) is 1.65. The number of carbonyl (C=O) groups excluding carboxylic acids is 1. The van der Waals surface area contributed by atoms with E-state index in [1.807, 2.05) is 61.5 Å². The molecule has 4 rings (SSSR count). The van der Waals surface area contributed by atoms with Gasteiger partial charge in [0.2, 0.25) is 5.91 Å². The van der Waals surface area contributed by atoms with Crippen LogP contribution in [0, 0.1) is 0 Å². The Morgan fingerprint density at radius 2 is 1.86 bits per heavy atom. The second kappa shape index (κ2) is 7.80. The van der Waals surface area contributed by atoms with E-state index in [0.29, 0.717) is 18.9 Å². The van der Waals surface area contributed by atoms with Gasteiger partial charge in [-0.05, 0) is 47.5 Å². The topological polar surface area (TPSA) is 56.8 Å². The Balaban J connectivity index is 1.39. The van der Waals surface area contributed by atoms with Gasteiger partial charge >= 0.3 is 0 Å². The van der Waals surface area contributed by atoms with Gasteiger partial charge in [0, 0.05) is 0 Å². The minimum Gasteiger partial charge on any atom is -0.497 e. The third kappa shape index (κ3) is 3.74. The lowest BCUT2D eigenvalue weighted by atomic mass is 9.97. The van der Waals surface area contributed by atoms with Crippen molar-refractivity contribution in [1.29, 1.82) is 0 Å². The van der Waals surface area contributed by atoms with E-state index in [0.717, 1.165) is 27.8 Å². The molecular formula is C23H23NO4. The van der Waals surface area contributed by atoms with Crippen LogP contribution in [-0.4, -0.2) is 32.3 Å². The number of carbonyl (C=O) groups is 1. The number of ether oxygens (including phenoxy) is 3. The van der Waals surface area contributed by atoms with Crippen LogP contribution in [0.2, 0.25) is 0 Å².